The van der Waals surface area contributed by atoms with Gasteiger partial charge < -0.3 is 5.32 Å². The Bertz CT molecular complexity index is 71.1. The second-order valence-electron chi connectivity index (χ2n) is 3.17. The first-order valence-electron chi connectivity index (χ1n) is 4.46. The molecular formula is C9H21N. The van der Waals surface area contributed by atoms with Crippen LogP contribution in [0.1, 0.15) is 47.0 Å². The van der Waals surface area contributed by atoms with Crippen molar-refractivity contribution in [2.24, 2.45) is 0 Å². The summed E-state index contributed by atoms with van der Waals surface area (Å²) in [5.74, 6) is 0. The van der Waals surface area contributed by atoms with E-state index in [1.165, 1.54) is 19.3 Å². The molecule has 0 aliphatic rings. The molecule has 0 aromatic heterocycles. The lowest BCUT2D eigenvalue weighted by molar-refractivity contribution is 0.435. The molecular weight excluding hydrogens is 122 g/mol. The fourth-order valence-electron chi connectivity index (χ4n) is 1.12. The Morgan fingerprint density at radius 1 is 1.10 bits per heavy atom. The molecule has 0 aliphatic heterocycles. The summed E-state index contributed by atoms with van der Waals surface area (Å²) in [5.41, 5.74) is 0. The molecule has 0 aromatic rings. The molecule has 0 aliphatic carbocycles. The van der Waals surface area contributed by atoms with Gasteiger partial charge in [-0.3, -0.25) is 0 Å². The molecule has 0 bridgehead atoms. The van der Waals surface area contributed by atoms with E-state index in [0.29, 0.717) is 12.1 Å². The highest BCUT2D eigenvalue weighted by Gasteiger charge is 2.02. The Labute approximate surface area is 65.2 Å². The molecule has 0 spiro atoms. The van der Waals surface area contributed by atoms with Gasteiger partial charge in [0.05, 0.1) is 0 Å². The molecule has 0 saturated heterocycles. The Kier molecular flexibility index (Phi) is 5.70. The standard InChI is InChI=1S/C9H21N/c1-5-7-9(4)10-8(3)6-2/h8-10H,5-7H2,1-4H3/t8-,9+/m0/s1. The molecule has 1 nitrogen and oxygen atoms in total. The average molecular weight is 143 g/mol. The molecule has 1 N–H and O–H groups in total. The van der Waals surface area contributed by atoms with E-state index in [2.05, 4.69) is 33.0 Å². The van der Waals surface area contributed by atoms with E-state index in [0.717, 1.165) is 0 Å². The number of hydrogen-bond donors (Lipinski definition) is 1. The van der Waals surface area contributed by atoms with Crippen LogP contribution in [0.2, 0.25) is 0 Å². The van der Waals surface area contributed by atoms with Crippen LogP contribution in [0.25, 0.3) is 0 Å². The second kappa shape index (κ2) is 5.72. The van der Waals surface area contributed by atoms with Crippen molar-refractivity contribution in [1.82, 2.24) is 5.32 Å². The van der Waals surface area contributed by atoms with Gasteiger partial charge in [-0.1, -0.05) is 20.3 Å². The van der Waals surface area contributed by atoms with E-state index in [9.17, 15) is 0 Å². The van der Waals surface area contributed by atoms with Gasteiger partial charge in [-0.25, -0.2) is 0 Å². The Balaban J connectivity index is 3.27. The summed E-state index contributed by atoms with van der Waals surface area (Å²) in [6.45, 7) is 8.95. The van der Waals surface area contributed by atoms with Crippen LogP contribution in [0.4, 0.5) is 0 Å². The third kappa shape index (κ3) is 4.80. The van der Waals surface area contributed by atoms with Crippen LogP contribution in [0.15, 0.2) is 0 Å². The molecule has 0 saturated carbocycles. The summed E-state index contributed by atoms with van der Waals surface area (Å²) in [5, 5.41) is 3.53. The summed E-state index contributed by atoms with van der Waals surface area (Å²) in [4.78, 5) is 0. The topological polar surface area (TPSA) is 12.0 Å². The van der Waals surface area contributed by atoms with E-state index in [4.69, 9.17) is 0 Å². The second-order valence-corrected chi connectivity index (χ2v) is 3.17. The molecule has 1 heteroatoms. The molecule has 0 fully saturated rings. The van der Waals surface area contributed by atoms with Crippen molar-refractivity contribution in [3.63, 3.8) is 0 Å². The van der Waals surface area contributed by atoms with Gasteiger partial charge in [0.2, 0.25) is 0 Å². The molecule has 0 heterocycles. The zero-order chi connectivity index (χ0) is 7.98. The first kappa shape index (κ1) is 9.96. The molecule has 0 radical (unpaired) electrons. The first-order valence-corrected chi connectivity index (χ1v) is 4.46. The van der Waals surface area contributed by atoms with Gasteiger partial charge in [-0.15, -0.1) is 0 Å². The molecule has 2 atom stereocenters. The monoisotopic (exact) mass is 143 g/mol. The van der Waals surface area contributed by atoms with Crippen LogP contribution in [0.3, 0.4) is 0 Å². The minimum absolute atomic E-state index is 0.682. The van der Waals surface area contributed by atoms with Crippen LogP contribution < -0.4 is 5.32 Å². The average Bonchev–Trinajstić information content (AvgIpc) is 1.88. The SMILES string of the molecule is CCC[C@@H](C)N[C@@H](C)CC. The fourth-order valence-corrected chi connectivity index (χ4v) is 1.12. The van der Waals surface area contributed by atoms with Crippen molar-refractivity contribution >= 4 is 0 Å². The van der Waals surface area contributed by atoms with Crippen LogP contribution in [-0.2, 0) is 0 Å². The van der Waals surface area contributed by atoms with Crippen LogP contribution in [0, 0.1) is 0 Å². The van der Waals surface area contributed by atoms with E-state index >= 15 is 0 Å². The zero-order valence-electron chi connectivity index (χ0n) is 7.78. The van der Waals surface area contributed by atoms with Crippen molar-refractivity contribution in [1.29, 1.82) is 0 Å². The van der Waals surface area contributed by atoms with E-state index < -0.39 is 0 Å². The maximum Gasteiger partial charge on any atom is 0.00410 e. The minimum Gasteiger partial charge on any atom is -0.312 e. The van der Waals surface area contributed by atoms with Crippen molar-refractivity contribution < 1.29 is 0 Å². The van der Waals surface area contributed by atoms with Gasteiger partial charge in [0.25, 0.3) is 0 Å². The van der Waals surface area contributed by atoms with Gasteiger partial charge in [0, 0.05) is 12.1 Å². The maximum atomic E-state index is 3.53. The highest BCUT2D eigenvalue weighted by atomic mass is 14.9. The molecule has 0 rings (SSSR count). The van der Waals surface area contributed by atoms with Gasteiger partial charge in [-0.05, 0) is 26.7 Å². The Morgan fingerprint density at radius 2 is 1.70 bits per heavy atom. The lowest BCUT2D eigenvalue weighted by atomic mass is 10.1. The summed E-state index contributed by atoms with van der Waals surface area (Å²) >= 11 is 0. The van der Waals surface area contributed by atoms with Crippen LogP contribution in [-0.4, -0.2) is 12.1 Å². The van der Waals surface area contributed by atoms with E-state index in [-0.39, 0.29) is 0 Å². The maximum absolute atomic E-state index is 3.53. The van der Waals surface area contributed by atoms with Crippen molar-refractivity contribution in [2.45, 2.75) is 59.0 Å². The Hall–Kier alpha value is -0.0400. The van der Waals surface area contributed by atoms with Gasteiger partial charge in [0.15, 0.2) is 0 Å². The lowest BCUT2D eigenvalue weighted by Crippen LogP contribution is -2.33. The minimum atomic E-state index is 0.682. The third-order valence-electron chi connectivity index (χ3n) is 1.90. The van der Waals surface area contributed by atoms with E-state index in [1.807, 2.05) is 0 Å². The lowest BCUT2D eigenvalue weighted by Gasteiger charge is -2.17. The summed E-state index contributed by atoms with van der Waals surface area (Å²) in [6.07, 6.45) is 3.81. The number of hydrogen-bond acceptors (Lipinski definition) is 1. The summed E-state index contributed by atoms with van der Waals surface area (Å²) in [6, 6.07) is 1.38. The molecule has 10 heavy (non-hydrogen) atoms. The Morgan fingerprint density at radius 3 is 2.10 bits per heavy atom. The van der Waals surface area contributed by atoms with Gasteiger partial charge >= 0.3 is 0 Å². The summed E-state index contributed by atoms with van der Waals surface area (Å²) < 4.78 is 0. The van der Waals surface area contributed by atoms with Gasteiger partial charge in [-0.2, -0.15) is 0 Å². The quantitative estimate of drug-likeness (QED) is 0.623. The third-order valence-corrected chi connectivity index (χ3v) is 1.90. The molecule has 0 amide bonds. The smallest absolute Gasteiger partial charge is 0.00410 e. The number of nitrogens with one attached hydrogen (secondary N) is 1. The number of rotatable bonds is 5. The van der Waals surface area contributed by atoms with E-state index in [1.54, 1.807) is 0 Å². The van der Waals surface area contributed by atoms with Crippen LogP contribution >= 0.6 is 0 Å². The highest BCUT2D eigenvalue weighted by Crippen LogP contribution is 1.98. The zero-order valence-corrected chi connectivity index (χ0v) is 7.78. The largest absolute Gasteiger partial charge is 0.312 e. The molecule has 0 unspecified atom stereocenters. The van der Waals surface area contributed by atoms with Crippen LogP contribution in [0.5, 0.6) is 0 Å². The van der Waals surface area contributed by atoms with Crippen molar-refractivity contribution in [2.75, 3.05) is 0 Å². The first-order chi connectivity index (χ1) is 4.70. The predicted octanol–water partition coefficient (Wildman–Crippen LogP) is 2.56. The molecule has 62 valence electrons. The van der Waals surface area contributed by atoms with Crippen molar-refractivity contribution in [3.05, 3.63) is 0 Å². The van der Waals surface area contributed by atoms with Gasteiger partial charge in [0.1, 0.15) is 0 Å². The fraction of sp³-hybridized carbons (Fsp3) is 1.00. The molecule has 0 aromatic carbocycles. The summed E-state index contributed by atoms with van der Waals surface area (Å²) in [7, 11) is 0. The van der Waals surface area contributed by atoms with Crippen molar-refractivity contribution in [3.8, 4) is 0 Å². The highest BCUT2D eigenvalue weighted by molar-refractivity contribution is 4.64. The normalized spacial score (nSPS) is 16.8. The predicted molar refractivity (Wildman–Crippen MR) is 47.3 cm³/mol.